The Morgan fingerprint density at radius 2 is 2.06 bits per heavy atom. The van der Waals surface area contributed by atoms with Crippen LogP contribution < -0.4 is 5.32 Å². The summed E-state index contributed by atoms with van der Waals surface area (Å²) < 4.78 is 2.04. The van der Waals surface area contributed by atoms with Gasteiger partial charge in [-0.25, -0.2) is 0 Å². The van der Waals surface area contributed by atoms with Crippen LogP contribution in [-0.4, -0.2) is 21.3 Å². The Morgan fingerprint density at radius 3 is 2.50 bits per heavy atom. The third kappa shape index (κ3) is 2.12. The Kier molecular flexibility index (Phi) is 3.02. The quantitative estimate of drug-likeness (QED) is 0.823. The fourth-order valence-electron chi connectivity index (χ4n) is 2.15. The largest absolute Gasteiger partial charge is 0.317 e. The van der Waals surface area contributed by atoms with Gasteiger partial charge in [0.25, 0.3) is 0 Å². The Bertz CT molecular complexity index is 363. The van der Waals surface area contributed by atoms with E-state index in [9.17, 15) is 0 Å². The first-order valence-electron chi connectivity index (χ1n) is 6.11. The molecule has 1 saturated carbocycles. The van der Waals surface area contributed by atoms with E-state index < -0.39 is 0 Å². The van der Waals surface area contributed by atoms with Crippen LogP contribution in [0.1, 0.15) is 38.3 Å². The average molecular weight is 222 g/mol. The van der Waals surface area contributed by atoms with E-state index in [1.54, 1.807) is 0 Å². The van der Waals surface area contributed by atoms with Gasteiger partial charge in [0.15, 0.2) is 0 Å². The van der Waals surface area contributed by atoms with Gasteiger partial charge in [0.1, 0.15) is 11.6 Å². The first-order valence-corrected chi connectivity index (χ1v) is 6.11. The molecule has 0 bridgehead atoms. The van der Waals surface area contributed by atoms with Crippen molar-refractivity contribution in [2.75, 3.05) is 6.54 Å². The molecular weight excluding hydrogens is 200 g/mol. The summed E-state index contributed by atoms with van der Waals surface area (Å²) >= 11 is 0. The van der Waals surface area contributed by atoms with Crippen LogP contribution in [0.4, 0.5) is 0 Å². The highest BCUT2D eigenvalue weighted by molar-refractivity contribution is 4.98. The molecule has 1 aromatic heterocycles. The van der Waals surface area contributed by atoms with Gasteiger partial charge in [-0.1, -0.05) is 13.8 Å². The van der Waals surface area contributed by atoms with Gasteiger partial charge < -0.3 is 9.88 Å². The van der Waals surface area contributed by atoms with E-state index in [4.69, 9.17) is 0 Å². The zero-order valence-corrected chi connectivity index (χ0v) is 10.7. The molecule has 1 fully saturated rings. The van der Waals surface area contributed by atoms with Crippen molar-refractivity contribution in [2.24, 2.45) is 18.4 Å². The maximum Gasteiger partial charge on any atom is 0.146 e. The fourth-order valence-corrected chi connectivity index (χ4v) is 2.15. The zero-order chi connectivity index (χ0) is 11.8. The summed E-state index contributed by atoms with van der Waals surface area (Å²) in [6.45, 7) is 8.55. The molecule has 4 nitrogen and oxygen atoms in total. The lowest BCUT2D eigenvalue weighted by molar-refractivity contribution is 0.335. The molecule has 4 heteroatoms. The monoisotopic (exact) mass is 222 g/mol. The molecule has 16 heavy (non-hydrogen) atoms. The number of hydrogen-bond acceptors (Lipinski definition) is 3. The van der Waals surface area contributed by atoms with Gasteiger partial charge in [0, 0.05) is 13.6 Å². The highest BCUT2D eigenvalue weighted by atomic mass is 15.3. The molecule has 1 aliphatic carbocycles. The van der Waals surface area contributed by atoms with Gasteiger partial charge in [-0.15, -0.1) is 10.2 Å². The molecule has 0 amide bonds. The van der Waals surface area contributed by atoms with Crippen LogP contribution in [0.2, 0.25) is 0 Å². The third-order valence-corrected chi connectivity index (χ3v) is 4.06. The highest BCUT2D eigenvalue weighted by Gasteiger charge is 2.44. The van der Waals surface area contributed by atoms with Crippen LogP contribution >= 0.6 is 0 Å². The van der Waals surface area contributed by atoms with Crippen molar-refractivity contribution >= 4 is 0 Å². The lowest BCUT2D eigenvalue weighted by atomic mass is 9.92. The summed E-state index contributed by atoms with van der Waals surface area (Å²) in [5.41, 5.74) is 0.563. The van der Waals surface area contributed by atoms with Crippen molar-refractivity contribution in [1.29, 1.82) is 0 Å². The molecule has 1 aromatic rings. The van der Waals surface area contributed by atoms with E-state index in [-0.39, 0.29) is 0 Å². The molecule has 0 aromatic carbocycles. The molecular formula is C12H22N4. The van der Waals surface area contributed by atoms with E-state index in [2.05, 4.69) is 29.4 Å². The molecule has 0 saturated heterocycles. The van der Waals surface area contributed by atoms with Gasteiger partial charge in [0.05, 0.1) is 6.54 Å². The van der Waals surface area contributed by atoms with Crippen LogP contribution in [0, 0.1) is 18.3 Å². The smallest absolute Gasteiger partial charge is 0.146 e. The predicted octanol–water partition coefficient (Wildman–Crippen LogP) is 1.65. The normalized spacial score (nSPS) is 18.1. The van der Waals surface area contributed by atoms with Crippen molar-refractivity contribution in [3.05, 3.63) is 11.6 Å². The van der Waals surface area contributed by atoms with Crippen LogP contribution in [-0.2, 0) is 13.6 Å². The Morgan fingerprint density at radius 1 is 1.38 bits per heavy atom. The Hall–Kier alpha value is -0.900. The number of aromatic nitrogens is 3. The lowest BCUT2D eigenvalue weighted by Gasteiger charge is -2.19. The molecule has 2 rings (SSSR count). The van der Waals surface area contributed by atoms with Crippen LogP contribution in [0.25, 0.3) is 0 Å². The summed E-state index contributed by atoms with van der Waals surface area (Å²) in [6.07, 6.45) is 2.74. The minimum Gasteiger partial charge on any atom is -0.317 e. The van der Waals surface area contributed by atoms with E-state index in [0.717, 1.165) is 30.7 Å². The second kappa shape index (κ2) is 4.17. The maximum absolute atomic E-state index is 4.15. The SMILES string of the molecule is Cc1nnc(CNCC2(C(C)C)CC2)n1C. The molecule has 90 valence electrons. The topological polar surface area (TPSA) is 42.7 Å². The van der Waals surface area contributed by atoms with Gasteiger partial charge in [-0.3, -0.25) is 0 Å². The maximum atomic E-state index is 4.15. The van der Waals surface area contributed by atoms with Gasteiger partial charge in [0.2, 0.25) is 0 Å². The lowest BCUT2D eigenvalue weighted by Crippen LogP contribution is -2.28. The summed E-state index contributed by atoms with van der Waals surface area (Å²) in [7, 11) is 2.02. The molecule has 0 atom stereocenters. The average Bonchev–Trinajstić information content (AvgIpc) is 2.96. The van der Waals surface area contributed by atoms with E-state index in [1.807, 2.05) is 18.5 Å². The molecule has 1 heterocycles. The van der Waals surface area contributed by atoms with Gasteiger partial charge >= 0.3 is 0 Å². The van der Waals surface area contributed by atoms with Crippen molar-refractivity contribution in [3.63, 3.8) is 0 Å². The van der Waals surface area contributed by atoms with Gasteiger partial charge in [-0.2, -0.15) is 0 Å². The number of aryl methyl sites for hydroxylation is 1. The first-order chi connectivity index (χ1) is 7.55. The van der Waals surface area contributed by atoms with Crippen LogP contribution in [0.15, 0.2) is 0 Å². The third-order valence-electron chi connectivity index (χ3n) is 4.06. The molecule has 1 aliphatic rings. The number of nitrogens with zero attached hydrogens (tertiary/aromatic N) is 3. The van der Waals surface area contributed by atoms with Crippen LogP contribution in [0.5, 0.6) is 0 Å². The second-order valence-electron chi connectivity index (χ2n) is 5.34. The number of rotatable bonds is 5. The number of nitrogens with one attached hydrogen (secondary N) is 1. The molecule has 1 N–H and O–H groups in total. The van der Waals surface area contributed by atoms with Gasteiger partial charge in [-0.05, 0) is 31.1 Å². The molecule has 0 spiro atoms. The van der Waals surface area contributed by atoms with E-state index >= 15 is 0 Å². The zero-order valence-electron chi connectivity index (χ0n) is 10.7. The summed E-state index contributed by atoms with van der Waals surface area (Å²) in [5, 5.41) is 11.7. The van der Waals surface area contributed by atoms with Crippen molar-refractivity contribution < 1.29 is 0 Å². The summed E-state index contributed by atoms with van der Waals surface area (Å²) in [6, 6.07) is 0. The minimum atomic E-state index is 0.563. The van der Waals surface area contributed by atoms with Crippen molar-refractivity contribution in [1.82, 2.24) is 20.1 Å². The number of hydrogen-bond donors (Lipinski definition) is 1. The summed E-state index contributed by atoms with van der Waals surface area (Å²) in [4.78, 5) is 0. The standard InChI is InChI=1S/C12H22N4/c1-9(2)12(5-6-12)8-13-7-11-15-14-10(3)16(11)4/h9,13H,5-8H2,1-4H3. The second-order valence-corrected chi connectivity index (χ2v) is 5.34. The first kappa shape index (κ1) is 11.6. The fraction of sp³-hybridized carbons (Fsp3) is 0.833. The molecule has 0 aliphatic heterocycles. The predicted molar refractivity (Wildman–Crippen MR) is 64.0 cm³/mol. The Balaban J connectivity index is 1.83. The molecule has 0 unspecified atom stereocenters. The van der Waals surface area contributed by atoms with E-state index in [0.29, 0.717) is 5.41 Å². The summed E-state index contributed by atoms with van der Waals surface area (Å²) in [5.74, 6) is 2.78. The van der Waals surface area contributed by atoms with Crippen molar-refractivity contribution in [2.45, 2.75) is 40.2 Å². The minimum absolute atomic E-state index is 0.563. The molecule has 0 radical (unpaired) electrons. The van der Waals surface area contributed by atoms with Crippen LogP contribution in [0.3, 0.4) is 0 Å². The van der Waals surface area contributed by atoms with E-state index in [1.165, 1.54) is 12.8 Å². The highest BCUT2D eigenvalue weighted by Crippen LogP contribution is 2.51. The Labute approximate surface area is 97.5 Å². The van der Waals surface area contributed by atoms with Crippen molar-refractivity contribution in [3.8, 4) is 0 Å².